The number of rotatable bonds is 4. The zero-order valence-corrected chi connectivity index (χ0v) is 10.6. The third kappa shape index (κ3) is 2.43. The summed E-state index contributed by atoms with van der Waals surface area (Å²) in [7, 11) is 0. The molecule has 5 nitrogen and oxygen atoms in total. The zero-order chi connectivity index (χ0) is 13.2. The Morgan fingerprint density at radius 2 is 2.21 bits per heavy atom. The minimum atomic E-state index is -0.439. The van der Waals surface area contributed by atoms with Crippen LogP contribution in [0.4, 0.5) is 10.1 Å². The Labute approximate surface area is 110 Å². The lowest BCUT2D eigenvalue weighted by Crippen LogP contribution is -2.15. The predicted octanol–water partition coefficient (Wildman–Crippen LogP) is 2.25. The molecule has 19 heavy (non-hydrogen) atoms. The highest BCUT2D eigenvalue weighted by atomic mass is 19.1. The molecule has 2 N–H and O–H groups in total. The Morgan fingerprint density at radius 3 is 2.89 bits per heavy atom. The summed E-state index contributed by atoms with van der Waals surface area (Å²) in [4.78, 5) is 0. The molecule has 0 aliphatic heterocycles. The molecule has 2 aromatic rings. The summed E-state index contributed by atoms with van der Waals surface area (Å²) in [5.74, 6) is 0.949. The quantitative estimate of drug-likeness (QED) is 0.857. The molecule has 0 spiro atoms. The molecule has 1 aromatic carbocycles. The third-order valence-corrected chi connectivity index (χ3v) is 3.76. The Hall–Kier alpha value is -1.98. The molecule has 0 saturated heterocycles. The number of hydrogen-bond acceptors (Lipinski definition) is 4. The van der Waals surface area contributed by atoms with Gasteiger partial charge >= 0.3 is 0 Å². The molecule has 6 heteroatoms. The lowest BCUT2D eigenvalue weighted by molar-refractivity contribution is 0.277. The number of benzene rings is 1. The maximum absolute atomic E-state index is 13.5. The summed E-state index contributed by atoms with van der Waals surface area (Å²) in [6.07, 6.45) is 5.01. The number of nitrogen functional groups attached to an aromatic ring is 1. The van der Waals surface area contributed by atoms with E-state index in [9.17, 15) is 4.39 Å². The van der Waals surface area contributed by atoms with Crippen molar-refractivity contribution in [3.05, 3.63) is 24.0 Å². The van der Waals surface area contributed by atoms with Crippen molar-refractivity contribution in [3.8, 4) is 11.4 Å². The molecule has 100 valence electrons. The fourth-order valence-corrected chi connectivity index (χ4v) is 2.31. The minimum absolute atomic E-state index is 0.136. The van der Waals surface area contributed by atoms with Crippen LogP contribution in [-0.2, 0) is 6.54 Å². The first-order chi connectivity index (χ1) is 9.24. The molecule has 1 aliphatic carbocycles. The molecule has 1 aliphatic rings. The van der Waals surface area contributed by atoms with Gasteiger partial charge in [0.25, 0.3) is 0 Å². The van der Waals surface area contributed by atoms with Gasteiger partial charge in [-0.2, -0.15) is 0 Å². The molecule has 1 aromatic heterocycles. The van der Waals surface area contributed by atoms with Gasteiger partial charge in [0.15, 0.2) is 5.82 Å². The van der Waals surface area contributed by atoms with Gasteiger partial charge in [-0.3, -0.25) is 0 Å². The Balaban J connectivity index is 1.79. The summed E-state index contributed by atoms with van der Waals surface area (Å²) in [6.45, 7) is 0.777. The van der Waals surface area contributed by atoms with Crippen molar-refractivity contribution in [1.29, 1.82) is 0 Å². The van der Waals surface area contributed by atoms with Crippen molar-refractivity contribution < 1.29 is 4.39 Å². The number of tetrazole rings is 1. The number of halogens is 1. The topological polar surface area (TPSA) is 69.6 Å². The number of nitrogens with zero attached hydrogens (tertiary/aromatic N) is 4. The Kier molecular flexibility index (Phi) is 3.15. The van der Waals surface area contributed by atoms with E-state index in [1.54, 1.807) is 10.7 Å². The van der Waals surface area contributed by atoms with Gasteiger partial charge in [0, 0.05) is 12.1 Å². The summed E-state index contributed by atoms with van der Waals surface area (Å²) >= 11 is 0. The van der Waals surface area contributed by atoms with Crippen LogP contribution in [0, 0.1) is 11.7 Å². The normalized spacial score (nSPS) is 15.4. The molecule has 0 bridgehead atoms. The molecule has 1 saturated carbocycles. The number of anilines is 1. The lowest BCUT2D eigenvalue weighted by atomic mass is 9.83. The maximum Gasteiger partial charge on any atom is 0.182 e. The first-order valence-electron chi connectivity index (χ1n) is 6.55. The minimum Gasteiger partial charge on any atom is -0.396 e. The maximum atomic E-state index is 13.5. The number of hydrogen-bond donors (Lipinski definition) is 1. The largest absolute Gasteiger partial charge is 0.396 e. The van der Waals surface area contributed by atoms with Crippen LogP contribution in [-0.4, -0.2) is 20.2 Å². The third-order valence-electron chi connectivity index (χ3n) is 3.76. The van der Waals surface area contributed by atoms with E-state index in [0.29, 0.717) is 11.4 Å². The van der Waals surface area contributed by atoms with Crippen LogP contribution in [0.2, 0.25) is 0 Å². The van der Waals surface area contributed by atoms with Crippen LogP contribution >= 0.6 is 0 Å². The van der Waals surface area contributed by atoms with E-state index in [0.717, 1.165) is 18.9 Å². The van der Waals surface area contributed by atoms with E-state index >= 15 is 0 Å². The van der Waals surface area contributed by atoms with E-state index in [1.165, 1.54) is 31.4 Å². The van der Waals surface area contributed by atoms with Crippen LogP contribution in [0.5, 0.6) is 0 Å². The molecule has 1 fully saturated rings. The fourth-order valence-electron chi connectivity index (χ4n) is 2.31. The molecular formula is C13H16FN5. The highest BCUT2D eigenvalue weighted by molar-refractivity contribution is 5.58. The highest BCUT2D eigenvalue weighted by Gasteiger charge is 2.18. The van der Waals surface area contributed by atoms with Crippen molar-refractivity contribution in [2.75, 3.05) is 5.73 Å². The smallest absolute Gasteiger partial charge is 0.182 e. The molecule has 0 atom stereocenters. The van der Waals surface area contributed by atoms with E-state index in [-0.39, 0.29) is 5.69 Å². The summed E-state index contributed by atoms with van der Waals surface area (Å²) < 4.78 is 15.2. The standard InChI is InChI=1S/C13H16FN5/c14-11-8-10(4-5-12(11)15)13-16-17-18-19(13)7-6-9-2-1-3-9/h4-5,8-9H,1-3,6-7,15H2. The SMILES string of the molecule is Nc1ccc(-c2nnnn2CCC2CCC2)cc1F. The molecular weight excluding hydrogens is 245 g/mol. The lowest BCUT2D eigenvalue weighted by Gasteiger charge is -2.24. The zero-order valence-electron chi connectivity index (χ0n) is 10.6. The Morgan fingerprint density at radius 1 is 1.37 bits per heavy atom. The van der Waals surface area contributed by atoms with Gasteiger partial charge in [-0.15, -0.1) is 5.10 Å². The van der Waals surface area contributed by atoms with Gasteiger partial charge in [-0.05, 0) is 41.0 Å². The van der Waals surface area contributed by atoms with Crippen LogP contribution in [0.15, 0.2) is 18.2 Å². The van der Waals surface area contributed by atoms with Gasteiger partial charge in [-0.25, -0.2) is 9.07 Å². The van der Waals surface area contributed by atoms with Crippen LogP contribution < -0.4 is 5.73 Å². The summed E-state index contributed by atoms with van der Waals surface area (Å²) in [6, 6.07) is 4.65. The van der Waals surface area contributed by atoms with Gasteiger partial charge < -0.3 is 5.73 Å². The average molecular weight is 261 g/mol. The van der Waals surface area contributed by atoms with Crippen LogP contribution in [0.1, 0.15) is 25.7 Å². The second-order valence-electron chi connectivity index (χ2n) is 5.05. The predicted molar refractivity (Wildman–Crippen MR) is 69.6 cm³/mol. The van der Waals surface area contributed by atoms with Gasteiger partial charge in [0.2, 0.25) is 0 Å². The fraction of sp³-hybridized carbons (Fsp3) is 0.462. The van der Waals surface area contributed by atoms with E-state index in [2.05, 4.69) is 15.5 Å². The number of aromatic nitrogens is 4. The highest BCUT2D eigenvalue weighted by Crippen LogP contribution is 2.30. The van der Waals surface area contributed by atoms with Crippen LogP contribution in [0.25, 0.3) is 11.4 Å². The van der Waals surface area contributed by atoms with Crippen molar-refractivity contribution >= 4 is 5.69 Å². The first-order valence-corrected chi connectivity index (χ1v) is 6.55. The molecule has 0 unspecified atom stereocenters. The number of aryl methyl sites for hydroxylation is 1. The average Bonchev–Trinajstić information content (AvgIpc) is 2.79. The Bertz CT molecular complexity index is 576. The van der Waals surface area contributed by atoms with E-state index in [4.69, 9.17) is 5.73 Å². The molecule has 1 heterocycles. The summed E-state index contributed by atoms with van der Waals surface area (Å²) in [5, 5.41) is 11.6. The number of nitrogens with two attached hydrogens (primary N) is 1. The van der Waals surface area contributed by atoms with Gasteiger partial charge in [0.1, 0.15) is 5.82 Å². The summed E-state index contributed by atoms with van der Waals surface area (Å²) in [5.41, 5.74) is 6.26. The molecule has 0 amide bonds. The van der Waals surface area contributed by atoms with Gasteiger partial charge in [0.05, 0.1) is 5.69 Å². The monoisotopic (exact) mass is 261 g/mol. The molecule has 3 rings (SSSR count). The second-order valence-corrected chi connectivity index (χ2v) is 5.05. The van der Waals surface area contributed by atoms with E-state index < -0.39 is 5.82 Å². The first kappa shape index (κ1) is 12.1. The van der Waals surface area contributed by atoms with Gasteiger partial charge in [-0.1, -0.05) is 19.3 Å². The van der Waals surface area contributed by atoms with Crippen molar-refractivity contribution in [2.45, 2.75) is 32.2 Å². The van der Waals surface area contributed by atoms with Crippen molar-refractivity contribution in [1.82, 2.24) is 20.2 Å². The molecule has 0 radical (unpaired) electrons. The van der Waals surface area contributed by atoms with Crippen LogP contribution in [0.3, 0.4) is 0 Å². The van der Waals surface area contributed by atoms with E-state index in [1.807, 2.05) is 0 Å². The second kappa shape index (κ2) is 4.95. The van der Waals surface area contributed by atoms with Crippen molar-refractivity contribution in [2.24, 2.45) is 5.92 Å². The van der Waals surface area contributed by atoms with Crippen molar-refractivity contribution in [3.63, 3.8) is 0 Å².